The highest BCUT2D eigenvalue weighted by atomic mass is 35.5. The van der Waals surface area contributed by atoms with Crippen molar-refractivity contribution in [2.75, 3.05) is 12.8 Å². The van der Waals surface area contributed by atoms with Gasteiger partial charge in [-0.15, -0.1) is 0 Å². The van der Waals surface area contributed by atoms with Crippen LogP contribution in [0.25, 0.3) is 0 Å². The van der Waals surface area contributed by atoms with Crippen molar-refractivity contribution in [2.24, 2.45) is 0 Å². The normalized spacial score (nSPS) is 10.1. The molecule has 94 valence electrons. The molecule has 2 rings (SSSR count). The Hall–Kier alpha value is -1.87. The van der Waals surface area contributed by atoms with Gasteiger partial charge in [0.1, 0.15) is 18.1 Å². The van der Waals surface area contributed by atoms with E-state index >= 15 is 0 Å². The number of nitrogen functional groups attached to an aromatic ring is 1. The van der Waals surface area contributed by atoms with Crippen molar-refractivity contribution in [2.45, 2.75) is 6.61 Å². The van der Waals surface area contributed by atoms with E-state index in [0.717, 1.165) is 5.56 Å². The summed E-state index contributed by atoms with van der Waals surface area (Å²) in [7, 11) is 1.58. The molecular weight excluding hydrogens is 250 g/mol. The van der Waals surface area contributed by atoms with Crippen molar-refractivity contribution in [1.82, 2.24) is 0 Å². The molecular formula is C14H14ClNO2. The fourth-order valence-corrected chi connectivity index (χ4v) is 1.81. The topological polar surface area (TPSA) is 44.5 Å². The van der Waals surface area contributed by atoms with Gasteiger partial charge in [-0.2, -0.15) is 0 Å². The first-order chi connectivity index (χ1) is 8.69. The molecule has 0 unspecified atom stereocenters. The molecule has 0 aliphatic carbocycles. The molecule has 4 heteroatoms. The summed E-state index contributed by atoms with van der Waals surface area (Å²) >= 11 is 5.90. The third kappa shape index (κ3) is 3.08. The zero-order chi connectivity index (χ0) is 13.0. The van der Waals surface area contributed by atoms with Gasteiger partial charge >= 0.3 is 0 Å². The first-order valence-corrected chi connectivity index (χ1v) is 5.87. The molecule has 0 radical (unpaired) electrons. The highest BCUT2D eigenvalue weighted by Crippen LogP contribution is 2.26. The van der Waals surface area contributed by atoms with Crippen LogP contribution in [0, 0.1) is 0 Å². The number of rotatable bonds is 4. The van der Waals surface area contributed by atoms with Gasteiger partial charge in [0, 0.05) is 11.1 Å². The number of hydrogen-bond donors (Lipinski definition) is 1. The Balaban J connectivity index is 2.04. The van der Waals surface area contributed by atoms with Gasteiger partial charge in [-0.25, -0.2) is 0 Å². The zero-order valence-electron chi connectivity index (χ0n) is 10.0. The van der Waals surface area contributed by atoms with E-state index in [2.05, 4.69) is 0 Å². The third-order valence-corrected chi connectivity index (χ3v) is 2.73. The zero-order valence-corrected chi connectivity index (χ0v) is 10.8. The molecule has 0 saturated heterocycles. The number of benzene rings is 2. The second-order valence-electron chi connectivity index (χ2n) is 3.82. The van der Waals surface area contributed by atoms with Gasteiger partial charge in [-0.1, -0.05) is 23.7 Å². The molecule has 18 heavy (non-hydrogen) atoms. The number of methoxy groups -OCH3 is 1. The smallest absolute Gasteiger partial charge is 0.142 e. The van der Waals surface area contributed by atoms with Crippen LogP contribution < -0.4 is 15.2 Å². The van der Waals surface area contributed by atoms with Gasteiger partial charge in [0.05, 0.1) is 12.8 Å². The lowest BCUT2D eigenvalue weighted by Gasteiger charge is -2.09. The van der Waals surface area contributed by atoms with Gasteiger partial charge < -0.3 is 15.2 Å². The Kier molecular flexibility index (Phi) is 3.95. The molecule has 2 aromatic carbocycles. The van der Waals surface area contributed by atoms with E-state index in [4.69, 9.17) is 26.8 Å². The Morgan fingerprint density at radius 3 is 2.67 bits per heavy atom. The number of nitrogens with two attached hydrogens (primary N) is 1. The second kappa shape index (κ2) is 5.65. The van der Waals surface area contributed by atoms with Crippen LogP contribution >= 0.6 is 11.6 Å². The van der Waals surface area contributed by atoms with Gasteiger partial charge in [0.15, 0.2) is 0 Å². The SMILES string of the molecule is COc1ccc(OCc2cccc(Cl)c2)cc1N. The number of halogens is 1. The number of hydrogen-bond acceptors (Lipinski definition) is 3. The molecule has 3 nitrogen and oxygen atoms in total. The van der Waals surface area contributed by atoms with E-state index in [9.17, 15) is 0 Å². The monoisotopic (exact) mass is 263 g/mol. The van der Waals surface area contributed by atoms with E-state index in [1.807, 2.05) is 30.3 Å². The maximum Gasteiger partial charge on any atom is 0.142 e. The van der Waals surface area contributed by atoms with Crippen LogP contribution in [0.3, 0.4) is 0 Å². The van der Waals surface area contributed by atoms with Gasteiger partial charge in [0.2, 0.25) is 0 Å². The molecule has 2 aromatic rings. The van der Waals surface area contributed by atoms with E-state index in [1.54, 1.807) is 19.2 Å². The molecule has 0 heterocycles. The van der Waals surface area contributed by atoms with Crippen LogP contribution in [-0.4, -0.2) is 7.11 Å². The van der Waals surface area contributed by atoms with Gasteiger partial charge in [-0.05, 0) is 29.8 Å². The summed E-state index contributed by atoms with van der Waals surface area (Å²) in [4.78, 5) is 0. The van der Waals surface area contributed by atoms with Crippen molar-refractivity contribution in [1.29, 1.82) is 0 Å². The van der Waals surface area contributed by atoms with E-state index in [1.165, 1.54) is 0 Å². The average molecular weight is 264 g/mol. The quantitative estimate of drug-likeness (QED) is 0.859. The van der Waals surface area contributed by atoms with Crippen LogP contribution in [-0.2, 0) is 6.61 Å². The fraction of sp³-hybridized carbons (Fsp3) is 0.143. The Labute approximate surface area is 111 Å². The minimum atomic E-state index is 0.451. The summed E-state index contributed by atoms with van der Waals surface area (Å²) in [5.74, 6) is 1.35. The number of anilines is 1. The minimum Gasteiger partial charge on any atom is -0.495 e. The first-order valence-electron chi connectivity index (χ1n) is 5.50. The Morgan fingerprint density at radius 1 is 1.17 bits per heavy atom. The predicted molar refractivity (Wildman–Crippen MR) is 73.2 cm³/mol. The van der Waals surface area contributed by atoms with Gasteiger partial charge in [0.25, 0.3) is 0 Å². The van der Waals surface area contributed by atoms with Crippen molar-refractivity contribution in [3.05, 3.63) is 53.1 Å². The molecule has 0 bridgehead atoms. The molecule has 0 saturated carbocycles. The molecule has 0 aromatic heterocycles. The molecule has 0 amide bonds. The average Bonchev–Trinajstić information content (AvgIpc) is 2.37. The third-order valence-electron chi connectivity index (χ3n) is 2.50. The lowest BCUT2D eigenvalue weighted by atomic mass is 10.2. The Bertz CT molecular complexity index is 543. The van der Waals surface area contributed by atoms with Crippen molar-refractivity contribution < 1.29 is 9.47 Å². The van der Waals surface area contributed by atoms with Crippen LogP contribution in [0.15, 0.2) is 42.5 Å². The number of ether oxygens (including phenoxy) is 2. The summed E-state index contributed by atoms with van der Waals surface area (Å²) in [5.41, 5.74) is 7.37. The highest BCUT2D eigenvalue weighted by Gasteiger charge is 2.02. The van der Waals surface area contributed by atoms with Crippen LogP contribution in [0.4, 0.5) is 5.69 Å². The lowest BCUT2D eigenvalue weighted by Crippen LogP contribution is -1.97. The molecule has 0 atom stereocenters. The van der Waals surface area contributed by atoms with Crippen molar-refractivity contribution in [3.8, 4) is 11.5 Å². The predicted octanol–water partition coefficient (Wildman–Crippen LogP) is 3.51. The fourth-order valence-electron chi connectivity index (χ4n) is 1.60. The molecule has 0 aliphatic rings. The Morgan fingerprint density at radius 2 is 2.00 bits per heavy atom. The minimum absolute atomic E-state index is 0.451. The van der Waals surface area contributed by atoms with Crippen LogP contribution in [0.2, 0.25) is 5.02 Å². The lowest BCUT2D eigenvalue weighted by molar-refractivity contribution is 0.306. The summed E-state index contributed by atoms with van der Waals surface area (Å²) in [6.45, 7) is 0.451. The largest absolute Gasteiger partial charge is 0.495 e. The summed E-state index contributed by atoms with van der Waals surface area (Å²) < 4.78 is 10.7. The maximum atomic E-state index is 5.90. The van der Waals surface area contributed by atoms with Gasteiger partial charge in [-0.3, -0.25) is 0 Å². The van der Waals surface area contributed by atoms with Crippen LogP contribution in [0.1, 0.15) is 5.56 Å². The molecule has 0 fully saturated rings. The van der Waals surface area contributed by atoms with Crippen LogP contribution in [0.5, 0.6) is 11.5 Å². The molecule has 0 aliphatic heterocycles. The standard InChI is InChI=1S/C14H14ClNO2/c1-17-14-6-5-12(8-13(14)16)18-9-10-3-2-4-11(15)7-10/h2-8H,9,16H2,1H3. The van der Waals surface area contributed by atoms with E-state index in [-0.39, 0.29) is 0 Å². The van der Waals surface area contributed by atoms with E-state index in [0.29, 0.717) is 28.8 Å². The highest BCUT2D eigenvalue weighted by molar-refractivity contribution is 6.30. The molecule has 2 N–H and O–H groups in total. The summed E-state index contributed by atoms with van der Waals surface area (Å²) in [5, 5.41) is 0.699. The van der Waals surface area contributed by atoms with Crippen molar-refractivity contribution >= 4 is 17.3 Å². The first kappa shape index (κ1) is 12.6. The maximum absolute atomic E-state index is 5.90. The van der Waals surface area contributed by atoms with Crippen molar-refractivity contribution in [3.63, 3.8) is 0 Å². The summed E-state index contributed by atoms with van der Waals surface area (Å²) in [6.07, 6.45) is 0. The second-order valence-corrected chi connectivity index (χ2v) is 4.26. The molecule has 0 spiro atoms. The summed E-state index contributed by atoms with van der Waals surface area (Å²) in [6, 6.07) is 12.9. The van der Waals surface area contributed by atoms with E-state index < -0.39 is 0 Å².